The van der Waals surface area contributed by atoms with Gasteiger partial charge in [-0.15, -0.1) is 0 Å². The fraction of sp³-hybridized carbons (Fsp3) is 1.00. The molecule has 1 nitrogen and oxygen atoms in total. The lowest BCUT2D eigenvalue weighted by atomic mass is 9.93. The third-order valence-corrected chi connectivity index (χ3v) is 3.40. The molecule has 1 spiro atoms. The maximum absolute atomic E-state index is 2.49. The fourth-order valence-electron chi connectivity index (χ4n) is 2.52. The maximum atomic E-state index is 2.49. The molecule has 1 saturated heterocycles. The molecular weight excluding hydrogens is 122 g/mol. The van der Waals surface area contributed by atoms with Gasteiger partial charge < -0.3 is 4.90 Å². The van der Waals surface area contributed by atoms with Crippen molar-refractivity contribution in [1.29, 1.82) is 0 Å². The number of hydrogen-bond acceptors (Lipinski definition) is 1. The molecule has 0 unspecified atom stereocenters. The topological polar surface area (TPSA) is 3.24 Å². The Labute approximate surface area is 63.4 Å². The number of likely N-dealkylation sites (tertiary alicyclic amines) is 1. The highest BCUT2D eigenvalue weighted by Gasteiger charge is 2.51. The highest BCUT2D eigenvalue weighted by molar-refractivity contribution is 5.03. The average Bonchev–Trinajstić information content (AvgIpc) is 2.41. The minimum atomic E-state index is 0.785. The first kappa shape index (κ1) is 6.66. The van der Waals surface area contributed by atoms with Gasteiger partial charge in [-0.25, -0.2) is 0 Å². The monoisotopic (exact) mass is 139 g/mol. The lowest BCUT2D eigenvalue weighted by molar-refractivity contribution is 0.183. The van der Waals surface area contributed by atoms with Crippen LogP contribution in [0, 0.1) is 11.3 Å². The standard InChI is InChI=1S/C9H17N/c1-8-6-9(8)4-3-5-10(2)7-9/h8H,3-7H2,1-2H3/t8-,9-/m0/s1. The minimum absolute atomic E-state index is 0.785. The molecule has 2 atom stereocenters. The molecular formula is C9H17N. The van der Waals surface area contributed by atoms with E-state index in [-0.39, 0.29) is 0 Å². The van der Waals surface area contributed by atoms with Crippen molar-refractivity contribution in [3.8, 4) is 0 Å². The van der Waals surface area contributed by atoms with E-state index in [9.17, 15) is 0 Å². The lowest BCUT2D eigenvalue weighted by Gasteiger charge is -2.30. The highest BCUT2D eigenvalue weighted by Crippen LogP contribution is 2.57. The van der Waals surface area contributed by atoms with Gasteiger partial charge in [0.2, 0.25) is 0 Å². The van der Waals surface area contributed by atoms with E-state index in [1.807, 2.05) is 0 Å². The van der Waals surface area contributed by atoms with Gasteiger partial charge in [0.1, 0.15) is 0 Å². The van der Waals surface area contributed by atoms with Gasteiger partial charge in [0, 0.05) is 6.54 Å². The average molecular weight is 139 g/mol. The summed E-state index contributed by atoms with van der Waals surface area (Å²) in [5, 5.41) is 0. The van der Waals surface area contributed by atoms with Gasteiger partial charge in [-0.05, 0) is 44.2 Å². The smallest absolute Gasteiger partial charge is 0.00376 e. The van der Waals surface area contributed by atoms with Crippen molar-refractivity contribution < 1.29 is 0 Å². The van der Waals surface area contributed by atoms with Crippen molar-refractivity contribution in [2.75, 3.05) is 20.1 Å². The Morgan fingerprint density at radius 3 is 2.60 bits per heavy atom. The molecule has 1 saturated carbocycles. The van der Waals surface area contributed by atoms with E-state index in [1.165, 1.54) is 32.4 Å². The molecule has 2 aliphatic rings. The molecule has 0 aromatic rings. The molecule has 10 heavy (non-hydrogen) atoms. The number of rotatable bonds is 0. The Morgan fingerprint density at radius 2 is 2.20 bits per heavy atom. The summed E-state index contributed by atoms with van der Waals surface area (Å²) in [5.74, 6) is 1.02. The van der Waals surface area contributed by atoms with Crippen molar-refractivity contribution in [2.24, 2.45) is 11.3 Å². The van der Waals surface area contributed by atoms with Crippen LogP contribution >= 0.6 is 0 Å². The van der Waals surface area contributed by atoms with Crippen LogP contribution in [0.25, 0.3) is 0 Å². The summed E-state index contributed by atoms with van der Waals surface area (Å²) in [5.41, 5.74) is 0.785. The molecule has 0 amide bonds. The van der Waals surface area contributed by atoms with E-state index in [2.05, 4.69) is 18.9 Å². The first-order valence-corrected chi connectivity index (χ1v) is 4.41. The summed E-state index contributed by atoms with van der Waals surface area (Å²) in [6, 6.07) is 0. The van der Waals surface area contributed by atoms with Crippen LogP contribution in [0.5, 0.6) is 0 Å². The van der Waals surface area contributed by atoms with E-state index in [1.54, 1.807) is 0 Å². The van der Waals surface area contributed by atoms with Crippen molar-refractivity contribution >= 4 is 0 Å². The molecule has 0 bridgehead atoms. The van der Waals surface area contributed by atoms with Crippen LogP contribution in [-0.2, 0) is 0 Å². The van der Waals surface area contributed by atoms with Crippen molar-refractivity contribution in [3.63, 3.8) is 0 Å². The summed E-state index contributed by atoms with van der Waals surface area (Å²) in [4.78, 5) is 2.49. The van der Waals surface area contributed by atoms with Crippen molar-refractivity contribution in [1.82, 2.24) is 4.90 Å². The van der Waals surface area contributed by atoms with Gasteiger partial charge in [-0.2, -0.15) is 0 Å². The van der Waals surface area contributed by atoms with Gasteiger partial charge in [-0.1, -0.05) is 6.92 Å². The Hall–Kier alpha value is -0.0400. The molecule has 2 fully saturated rings. The molecule has 1 heteroatoms. The van der Waals surface area contributed by atoms with Gasteiger partial charge in [0.05, 0.1) is 0 Å². The predicted molar refractivity (Wildman–Crippen MR) is 42.9 cm³/mol. The zero-order chi connectivity index (χ0) is 7.19. The molecule has 0 aromatic heterocycles. The Morgan fingerprint density at radius 1 is 1.50 bits per heavy atom. The van der Waals surface area contributed by atoms with E-state index < -0.39 is 0 Å². The Kier molecular flexibility index (Phi) is 1.31. The van der Waals surface area contributed by atoms with Crippen LogP contribution in [0.2, 0.25) is 0 Å². The highest BCUT2D eigenvalue weighted by atomic mass is 15.1. The van der Waals surface area contributed by atoms with E-state index in [0.29, 0.717) is 0 Å². The molecule has 1 aliphatic heterocycles. The minimum Gasteiger partial charge on any atom is -0.306 e. The number of nitrogens with zero attached hydrogens (tertiary/aromatic N) is 1. The third kappa shape index (κ3) is 0.878. The maximum Gasteiger partial charge on any atom is 0.00376 e. The Bertz CT molecular complexity index is 144. The van der Waals surface area contributed by atoms with Crippen LogP contribution < -0.4 is 0 Å². The summed E-state index contributed by atoms with van der Waals surface area (Å²) in [6.45, 7) is 5.10. The van der Waals surface area contributed by atoms with Crippen LogP contribution in [0.3, 0.4) is 0 Å². The molecule has 1 heterocycles. The Balaban J connectivity index is 1.99. The van der Waals surface area contributed by atoms with Crippen LogP contribution in [0.1, 0.15) is 26.2 Å². The molecule has 0 aromatic carbocycles. The van der Waals surface area contributed by atoms with Crippen LogP contribution in [-0.4, -0.2) is 25.0 Å². The quantitative estimate of drug-likeness (QED) is 0.494. The summed E-state index contributed by atoms with van der Waals surface area (Å²) in [6.07, 6.45) is 4.43. The van der Waals surface area contributed by atoms with Gasteiger partial charge >= 0.3 is 0 Å². The molecule has 1 aliphatic carbocycles. The molecule has 0 radical (unpaired) electrons. The summed E-state index contributed by atoms with van der Waals surface area (Å²) >= 11 is 0. The second-order valence-corrected chi connectivity index (χ2v) is 4.31. The van der Waals surface area contributed by atoms with Crippen molar-refractivity contribution in [3.05, 3.63) is 0 Å². The first-order chi connectivity index (χ1) is 4.73. The first-order valence-electron chi connectivity index (χ1n) is 4.41. The normalized spacial score (nSPS) is 48.0. The molecule has 58 valence electrons. The SMILES string of the molecule is C[C@H]1C[C@]12CCCN(C)C2. The fourth-order valence-corrected chi connectivity index (χ4v) is 2.52. The van der Waals surface area contributed by atoms with E-state index >= 15 is 0 Å². The lowest BCUT2D eigenvalue weighted by Crippen LogP contribution is -2.33. The zero-order valence-corrected chi connectivity index (χ0v) is 7.06. The number of piperidine rings is 1. The molecule has 2 rings (SSSR count). The largest absolute Gasteiger partial charge is 0.306 e. The van der Waals surface area contributed by atoms with Gasteiger partial charge in [0.25, 0.3) is 0 Å². The summed E-state index contributed by atoms with van der Waals surface area (Å²) < 4.78 is 0. The van der Waals surface area contributed by atoms with Crippen molar-refractivity contribution in [2.45, 2.75) is 26.2 Å². The molecule has 0 N–H and O–H groups in total. The van der Waals surface area contributed by atoms with Crippen LogP contribution in [0.15, 0.2) is 0 Å². The zero-order valence-electron chi connectivity index (χ0n) is 7.06. The van der Waals surface area contributed by atoms with Crippen LogP contribution in [0.4, 0.5) is 0 Å². The van der Waals surface area contributed by atoms with Gasteiger partial charge in [0.15, 0.2) is 0 Å². The predicted octanol–water partition coefficient (Wildman–Crippen LogP) is 1.74. The van der Waals surface area contributed by atoms with E-state index in [0.717, 1.165) is 11.3 Å². The third-order valence-electron chi connectivity index (χ3n) is 3.40. The second kappa shape index (κ2) is 1.97. The van der Waals surface area contributed by atoms with E-state index in [4.69, 9.17) is 0 Å². The number of hydrogen-bond donors (Lipinski definition) is 0. The second-order valence-electron chi connectivity index (χ2n) is 4.31. The van der Waals surface area contributed by atoms with Gasteiger partial charge in [-0.3, -0.25) is 0 Å². The summed E-state index contributed by atoms with van der Waals surface area (Å²) in [7, 11) is 2.26.